The first-order valence-corrected chi connectivity index (χ1v) is 10.8. The molecule has 0 unspecified atom stereocenters. The summed E-state index contributed by atoms with van der Waals surface area (Å²) in [6.45, 7) is 6.18. The first-order chi connectivity index (χ1) is 16.6. The number of alkyl halides is 3. The van der Waals surface area contributed by atoms with Gasteiger partial charge in [-0.25, -0.2) is 4.90 Å². The van der Waals surface area contributed by atoms with Crippen molar-refractivity contribution < 1.29 is 17.9 Å². The van der Waals surface area contributed by atoms with Crippen molar-refractivity contribution in [2.75, 3.05) is 6.61 Å². The summed E-state index contributed by atoms with van der Waals surface area (Å²) in [6.07, 6.45) is -4.55. The number of aliphatic imine (C=N–C) groups is 6. The quantitative estimate of drug-likeness (QED) is 0.651. The fourth-order valence-corrected chi connectivity index (χ4v) is 4.04. The number of halogens is 3. The highest BCUT2D eigenvalue weighted by molar-refractivity contribution is 6.33. The van der Waals surface area contributed by atoms with Crippen LogP contribution in [0.4, 0.5) is 13.2 Å². The molecule has 11 heteroatoms. The van der Waals surface area contributed by atoms with Gasteiger partial charge in [-0.2, -0.15) is 43.1 Å². The highest BCUT2D eigenvalue weighted by atomic mass is 19.4. The molecule has 178 valence electrons. The Kier molecular flexibility index (Phi) is 5.34. The molecule has 35 heavy (non-hydrogen) atoms. The van der Waals surface area contributed by atoms with Gasteiger partial charge < -0.3 is 4.74 Å². The smallest absolute Gasteiger partial charge is 0.422 e. The Morgan fingerprint density at radius 3 is 1.54 bits per heavy atom. The van der Waals surface area contributed by atoms with Crippen molar-refractivity contribution in [3.8, 4) is 0 Å². The topological polar surface area (TPSA) is 86.6 Å². The molecule has 5 rings (SSSR count). The molecule has 2 aromatic carbocycles. The van der Waals surface area contributed by atoms with Crippen LogP contribution in [0, 0.1) is 27.7 Å². The number of guanidine groups is 3. The summed E-state index contributed by atoms with van der Waals surface area (Å²) in [7, 11) is 0. The number of nitrogens with zero attached hydrogens (tertiary/aromatic N) is 7. The minimum atomic E-state index is -4.55. The Morgan fingerprint density at radius 1 is 0.657 bits per heavy atom. The van der Waals surface area contributed by atoms with E-state index in [1.54, 1.807) is 0 Å². The predicted octanol–water partition coefficient (Wildman–Crippen LogP) is 4.46. The normalized spacial score (nSPS) is 16.9. The molecule has 3 aliphatic heterocycles. The number of benzene rings is 2. The lowest BCUT2D eigenvalue weighted by molar-refractivity contribution is -0.156. The lowest BCUT2D eigenvalue weighted by Gasteiger charge is -2.30. The van der Waals surface area contributed by atoms with Gasteiger partial charge in [0, 0.05) is 11.1 Å². The van der Waals surface area contributed by atoms with Crippen molar-refractivity contribution in [1.82, 2.24) is 4.90 Å². The van der Waals surface area contributed by atoms with E-state index in [0.29, 0.717) is 11.7 Å². The van der Waals surface area contributed by atoms with Gasteiger partial charge in [0.25, 0.3) is 0 Å². The fraction of sp³-hybridized carbons (Fsp3) is 0.250. The molecule has 0 aromatic heterocycles. The fourth-order valence-electron chi connectivity index (χ4n) is 4.04. The first-order valence-electron chi connectivity index (χ1n) is 10.8. The second kappa shape index (κ2) is 8.26. The van der Waals surface area contributed by atoms with Crippen LogP contribution in [0.25, 0.3) is 0 Å². The van der Waals surface area contributed by atoms with E-state index in [1.807, 2.05) is 64.1 Å². The molecule has 0 amide bonds. The van der Waals surface area contributed by atoms with Crippen LogP contribution in [-0.2, 0) is 4.74 Å². The van der Waals surface area contributed by atoms with Crippen LogP contribution >= 0.6 is 0 Å². The molecule has 0 bridgehead atoms. The average Bonchev–Trinajstić information content (AvgIpc) is 2.77. The summed E-state index contributed by atoms with van der Waals surface area (Å²) in [5.41, 5.74) is 5.31. The summed E-state index contributed by atoms with van der Waals surface area (Å²) in [6, 6.07) is 11.1. The molecule has 3 aliphatic rings. The van der Waals surface area contributed by atoms with Crippen molar-refractivity contribution in [2.45, 2.75) is 33.9 Å². The maximum atomic E-state index is 12.8. The van der Waals surface area contributed by atoms with Crippen molar-refractivity contribution in [2.24, 2.45) is 30.0 Å². The van der Waals surface area contributed by atoms with Crippen molar-refractivity contribution in [1.29, 1.82) is 0 Å². The zero-order valence-electron chi connectivity index (χ0n) is 19.3. The Hall–Kier alpha value is -4.15. The number of hydrogen-bond acceptors (Lipinski definition) is 8. The lowest BCUT2D eigenvalue weighted by Crippen LogP contribution is -2.48. The van der Waals surface area contributed by atoms with Crippen molar-refractivity contribution in [3.05, 3.63) is 69.8 Å². The van der Waals surface area contributed by atoms with Gasteiger partial charge in [0.1, 0.15) is 0 Å². The molecular weight excluding hydrogens is 459 g/mol. The largest absolute Gasteiger partial charge is 0.454 e. The van der Waals surface area contributed by atoms with Crippen LogP contribution in [0.2, 0.25) is 0 Å². The minimum Gasteiger partial charge on any atom is -0.454 e. The number of ether oxygens (including phenoxy) is 1. The highest BCUT2D eigenvalue weighted by Crippen LogP contribution is 2.26. The highest BCUT2D eigenvalue weighted by Gasteiger charge is 2.37. The molecule has 0 N–H and O–H groups in total. The van der Waals surface area contributed by atoms with E-state index >= 15 is 0 Å². The van der Waals surface area contributed by atoms with E-state index in [-0.39, 0.29) is 17.9 Å². The summed E-state index contributed by atoms with van der Waals surface area (Å²) in [4.78, 5) is 28.0. The summed E-state index contributed by atoms with van der Waals surface area (Å²) in [5, 5.41) is 0. The third-order valence-corrected chi connectivity index (χ3v) is 5.59. The van der Waals surface area contributed by atoms with E-state index < -0.39 is 18.8 Å². The zero-order chi connectivity index (χ0) is 24.9. The lowest BCUT2D eigenvalue weighted by atomic mass is 10.0. The third-order valence-electron chi connectivity index (χ3n) is 5.59. The predicted molar refractivity (Wildman–Crippen MR) is 128 cm³/mol. The van der Waals surface area contributed by atoms with E-state index in [1.165, 1.54) is 4.90 Å². The molecule has 0 saturated heterocycles. The van der Waals surface area contributed by atoms with Crippen LogP contribution in [0.5, 0.6) is 0 Å². The molecule has 0 radical (unpaired) electrons. The van der Waals surface area contributed by atoms with Gasteiger partial charge in [0.15, 0.2) is 18.3 Å². The second-order valence-electron chi connectivity index (χ2n) is 8.27. The number of rotatable bonds is 3. The van der Waals surface area contributed by atoms with Gasteiger partial charge in [-0.15, -0.1) is 0 Å². The summed E-state index contributed by atoms with van der Waals surface area (Å²) < 4.78 is 43.3. The maximum absolute atomic E-state index is 12.8. The van der Waals surface area contributed by atoms with Crippen LogP contribution in [0.15, 0.2) is 66.4 Å². The average molecular weight is 479 g/mol. The van der Waals surface area contributed by atoms with Crippen LogP contribution in [-0.4, -0.2) is 53.3 Å². The molecule has 3 heterocycles. The van der Waals surface area contributed by atoms with Crippen LogP contribution in [0.3, 0.4) is 0 Å². The Balaban J connectivity index is 1.69. The van der Waals surface area contributed by atoms with Crippen LogP contribution in [0.1, 0.15) is 33.4 Å². The monoisotopic (exact) mass is 479 g/mol. The van der Waals surface area contributed by atoms with Gasteiger partial charge in [-0.05, 0) is 49.9 Å². The maximum Gasteiger partial charge on any atom is 0.422 e. The Bertz CT molecular complexity index is 1340. The minimum absolute atomic E-state index is 0.0304. The van der Waals surface area contributed by atoms with Crippen LogP contribution < -0.4 is 0 Å². The number of hydrogen-bond donors (Lipinski definition) is 0. The molecule has 0 aliphatic carbocycles. The zero-order valence-corrected chi connectivity index (χ0v) is 19.3. The molecule has 2 aromatic rings. The van der Waals surface area contributed by atoms with Crippen molar-refractivity contribution in [3.63, 3.8) is 0 Å². The van der Waals surface area contributed by atoms with E-state index in [0.717, 1.165) is 33.4 Å². The Labute approximate surface area is 199 Å². The van der Waals surface area contributed by atoms with Gasteiger partial charge in [-0.3, -0.25) is 0 Å². The third kappa shape index (κ3) is 4.25. The molecule has 0 spiro atoms. The van der Waals surface area contributed by atoms with E-state index in [4.69, 9.17) is 4.74 Å². The SMILES string of the molecule is Cc1cccc(C)c1C1=NC2=NC(OCC(F)(F)F)=NC3=NC(c4c(C)cccc4C)=NC(=N1)N23. The molecule has 8 nitrogen and oxygen atoms in total. The van der Waals surface area contributed by atoms with Gasteiger partial charge in [-0.1, -0.05) is 36.4 Å². The molecule has 0 atom stereocenters. The summed E-state index contributed by atoms with van der Waals surface area (Å²) in [5.74, 6) is 0.963. The second-order valence-corrected chi connectivity index (χ2v) is 8.27. The number of amidine groups is 3. The molecular formula is C24H20F3N7O. The molecule has 0 saturated carbocycles. The first kappa shape index (κ1) is 22.6. The Morgan fingerprint density at radius 2 is 1.09 bits per heavy atom. The van der Waals surface area contributed by atoms with Crippen molar-refractivity contribution >= 4 is 35.6 Å². The van der Waals surface area contributed by atoms with Gasteiger partial charge >= 0.3 is 12.2 Å². The van der Waals surface area contributed by atoms with Gasteiger partial charge in [0.05, 0.1) is 0 Å². The van der Waals surface area contributed by atoms with E-state index in [9.17, 15) is 13.2 Å². The standard InChI is InChI=1S/C24H20F3N7O/c1-12-7-5-8-13(2)16(12)18-28-20-29-19(17-14(3)9-6-10-15(17)4)31-22-33-23(35-11-24(25,26)27)32-21(30-18)34(20)22/h5-10H,11H2,1-4H3. The molecule has 0 fully saturated rings. The summed E-state index contributed by atoms with van der Waals surface area (Å²) >= 11 is 0. The van der Waals surface area contributed by atoms with E-state index in [2.05, 4.69) is 30.0 Å². The number of aryl methyl sites for hydroxylation is 4. The van der Waals surface area contributed by atoms with Gasteiger partial charge in [0.2, 0.25) is 17.9 Å².